The summed E-state index contributed by atoms with van der Waals surface area (Å²) in [6.07, 6.45) is 3.09. The molecule has 106 valence electrons. The summed E-state index contributed by atoms with van der Waals surface area (Å²) in [5.74, 6) is 0.224. The van der Waals surface area contributed by atoms with Crippen LogP contribution in [0.3, 0.4) is 0 Å². The van der Waals surface area contributed by atoms with Crippen molar-refractivity contribution in [1.82, 2.24) is 5.06 Å². The molecule has 0 saturated heterocycles. The number of nitrogens with zero attached hydrogens (tertiary/aromatic N) is 1. The van der Waals surface area contributed by atoms with Crippen molar-refractivity contribution in [2.45, 2.75) is 46.5 Å². The van der Waals surface area contributed by atoms with Crippen molar-refractivity contribution in [3.63, 3.8) is 0 Å². The summed E-state index contributed by atoms with van der Waals surface area (Å²) in [7, 11) is 0. The Labute approximate surface area is 114 Å². The van der Waals surface area contributed by atoms with E-state index in [0.717, 1.165) is 30.7 Å². The summed E-state index contributed by atoms with van der Waals surface area (Å²) in [6.45, 7) is 6.54. The number of ether oxygens (including phenoxy) is 1. The Balaban J connectivity index is 3.95. The maximum absolute atomic E-state index is 11.3. The smallest absolute Gasteiger partial charge is 0.432 e. The second-order valence-electron chi connectivity index (χ2n) is 4.49. The van der Waals surface area contributed by atoms with E-state index in [0.29, 0.717) is 6.54 Å². The van der Waals surface area contributed by atoms with Gasteiger partial charge >= 0.3 is 11.4 Å². The summed E-state index contributed by atoms with van der Waals surface area (Å²) in [5, 5.41) is 0.342. The van der Waals surface area contributed by atoms with E-state index in [1.54, 1.807) is 0 Å². The topological polar surface area (TPSA) is 55.8 Å². The van der Waals surface area contributed by atoms with Crippen molar-refractivity contribution in [1.29, 1.82) is 0 Å². The van der Waals surface area contributed by atoms with Crippen LogP contribution in [0.15, 0.2) is 0 Å². The molecule has 5 nitrogen and oxygen atoms in total. The average Bonchev–Trinajstić information content (AvgIpc) is 2.30. The molecular weight excluding hydrogens is 254 g/mol. The highest BCUT2D eigenvalue weighted by Gasteiger charge is 2.16. The van der Waals surface area contributed by atoms with E-state index in [-0.39, 0.29) is 12.5 Å². The third-order valence-corrected chi connectivity index (χ3v) is 2.37. The molecule has 0 atom stereocenters. The molecule has 0 rings (SSSR count). The van der Waals surface area contributed by atoms with Gasteiger partial charge in [-0.25, -0.2) is 4.79 Å². The van der Waals surface area contributed by atoms with Gasteiger partial charge in [-0.1, -0.05) is 52.7 Å². The Bertz CT molecular complexity index is 258. The van der Waals surface area contributed by atoms with Crippen LogP contribution in [0, 0.1) is 5.92 Å². The zero-order valence-corrected chi connectivity index (χ0v) is 12.2. The van der Waals surface area contributed by atoms with Crippen LogP contribution in [-0.2, 0) is 9.57 Å². The lowest BCUT2D eigenvalue weighted by Gasteiger charge is -2.18. The number of hydrogen-bond acceptors (Lipinski definition) is 4. The predicted octanol–water partition coefficient (Wildman–Crippen LogP) is 3.64. The molecule has 0 aliphatic rings. The monoisotopic (exact) mass is 277 g/mol. The van der Waals surface area contributed by atoms with Crippen molar-refractivity contribution in [2.75, 3.05) is 13.2 Å². The first kappa shape index (κ1) is 17.1. The number of carbonyl (C=O) groups is 2. The van der Waals surface area contributed by atoms with Gasteiger partial charge in [0.15, 0.2) is 0 Å². The van der Waals surface area contributed by atoms with Crippen LogP contribution in [0.5, 0.6) is 0 Å². The van der Waals surface area contributed by atoms with Gasteiger partial charge in [0.05, 0.1) is 13.2 Å². The van der Waals surface area contributed by atoms with Gasteiger partial charge in [0.2, 0.25) is 0 Å². The molecule has 0 aromatic heterocycles. The maximum Gasteiger partial charge on any atom is 0.533 e. The Morgan fingerprint density at radius 2 is 1.89 bits per heavy atom. The molecule has 0 aromatic carbocycles. The molecule has 6 heteroatoms. The van der Waals surface area contributed by atoms with E-state index in [1.165, 1.54) is 0 Å². The highest BCUT2D eigenvalue weighted by molar-refractivity contribution is 7.96. The summed E-state index contributed by atoms with van der Waals surface area (Å²) in [4.78, 5) is 27.2. The summed E-state index contributed by atoms with van der Waals surface area (Å²) in [6, 6.07) is 0. The standard InChI is InChI=1S/C12H23NO4S/c1-4-5-6-7-8-13(11(14)18)17-12(15)16-9-10(2)3/h10H,4-9H2,1-3H3,(H,14,18). The van der Waals surface area contributed by atoms with Gasteiger partial charge in [0.1, 0.15) is 0 Å². The van der Waals surface area contributed by atoms with E-state index < -0.39 is 11.4 Å². The lowest BCUT2D eigenvalue weighted by molar-refractivity contribution is -0.0871. The van der Waals surface area contributed by atoms with Crippen LogP contribution < -0.4 is 0 Å². The highest BCUT2D eigenvalue weighted by atomic mass is 32.1. The van der Waals surface area contributed by atoms with E-state index in [4.69, 9.17) is 9.57 Å². The molecule has 1 amide bonds. The van der Waals surface area contributed by atoms with E-state index in [9.17, 15) is 9.59 Å². The molecule has 0 saturated carbocycles. The van der Waals surface area contributed by atoms with Gasteiger partial charge in [-0.3, -0.25) is 4.79 Å². The van der Waals surface area contributed by atoms with Crippen LogP contribution in [0.4, 0.5) is 9.59 Å². The number of unbranched alkanes of at least 4 members (excludes halogenated alkanes) is 3. The Kier molecular flexibility index (Phi) is 9.55. The first-order chi connectivity index (χ1) is 8.47. The fourth-order valence-corrected chi connectivity index (χ4v) is 1.35. The van der Waals surface area contributed by atoms with Crippen molar-refractivity contribution in [3.8, 4) is 0 Å². The molecule has 0 aliphatic carbocycles. The number of carbonyl (C=O) groups excluding carboxylic acids is 2. The van der Waals surface area contributed by atoms with E-state index >= 15 is 0 Å². The van der Waals surface area contributed by atoms with Crippen LogP contribution in [-0.4, -0.2) is 29.6 Å². The van der Waals surface area contributed by atoms with Crippen molar-refractivity contribution < 1.29 is 19.2 Å². The first-order valence-electron chi connectivity index (χ1n) is 6.32. The molecule has 0 spiro atoms. The zero-order chi connectivity index (χ0) is 14.0. The van der Waals surface area contributed by atoms with Gasteiger partial charge < -0.3 is 9.57 Å². The average molecular weight is 277 g/mol. The molecule has 0 radical (unpaired) electrons. The number of amides is 1. The van der Waals surface area contributed by atoms with Gasteiger partial charge in [-0.05, 0) is 12.3 Å². The van der Waals surface area contributed by atoms with E-state index in [2.05, 4.69) is 19.6 Å². The second kappa shape index (κ2) is 10.1. The quantitative estimate of drug-likeness (QED) is 0.334. The third kappa shape index (κ3) is 9.15. The van der Waals surface area contributed by atoms with Gasteiger partial charge in [-0.2, -0.15) is 5.06 Å². The normalized spacial score (nSPS) is 10.3. The van der Waals surface area contributed by atoms with Crippen LogP contribution in [0.1, 0.15) is 46.5 Å². The minimum atomic E-state index is -0.860. The lowest BCUT2D eigenvalue weighted by atomic mass is 10.2. The summed E-state index contributed by atoms with van der Waals surface area (Å²) >= 11 is 3.66. The van der Waals surface area contributed by atoms with Crippen molar-refractivity contribution in [2.24, 2.45) is 5.92 Å². The predicted molar refractivity (Wildman–Crippen MR) is 72.5 cm³/mol. The first-order valence-corrected chi connectivity index (χ1v) is 6.77. The molecule has 0 unspecified atom stereocenters. The van der Waals surface area contributed by atoms with E-state index in [1.807, 2.05) is 13.8 Å². The number of thiol groups is 1. The number of rotatable bonds is 7. The largest absolute Gasteiger partial charge is 0.533 e. The van der Waals surface area contributed by atoms with Gasteiger partial charge in [-0.15, -0.1) is 0 Å². The molecule has 0 aromatic rings. The SMILES string of the molecule is CCCCCCN(OC(=O)OCC(C)C)C(=O)S. The lowest BCUT2D eigenvalue weighted by Crippen LogP contribution is -2.31. The minimum absolute atomic E-state index is 0.224. The third-order valence-electron chi connectivity index (χ3n) is 2.15. The maximum atomic E-state index is 11.3. The molecule has 0 N–H and O–H groups in total. The Hall–Kier alpha value is -0.910. The van der Waals surface area contributed by atoms with Gasteiger partial charge in [0.25, 0.3) is 0 Å². The summed E-state index contributed by atoms with van der Waals surface area (Å²) < 4.78 is 4.82. The highest BCUT2D eigenvalue weighted by Crippen LogP contribution is 2.06. The summed E-state index contributed by atoms with van der Waals surface area (Å²) in [5.41, 5.74) is 0. The van der Waals surface area contributed by atoms with Crippen LogP contribution >= 0.6 is 12.6 Å². The van der Waals surface area contributed by atoms with Gasteiger partial charge in [0, 0.05) is 0 Å². The molecular formula is C12H23NO4S. The number of hydroxylamine groups is 2. The van der Waals surface area contributed by atoms with Crippen molar-refractivity contribution >= 4 is 24.0 Å². The Morgan fingerprint density at radius 3 is 2.39 bits per heavy atom. The fourth-order valence-electron chi connectivity index (χ4n) is 1.21. The van der Waals surface area contributed by atoms with Crippen LogP contribution in [0.2, 0.25) is 0 Å². The molecule has 0 aliphatic heterocycles. The molecule has 18 heavy (non-hydrogen) atoms. The molecule has 0 bridgehead atoms. The fraction of sp³-hybridized carbons (Fsp3) is 0.833. The number of hydrogen-bond donors (Lipinski definition) is 1. The minimum Gasteiger partial charge on any atom is -0.432 e. The van der Waals surface area contributed by atoms with Crippen molar-refractivity contribution in [3.05, 3.63) is 0 Å². The van der Waals surface area contributed by atoms with Crippen LogP contribution in [0.25, 0.3) is 0 Å². The Morgan fingerprint density at radius 1 is 1.22 bits per heavy atom. The second-order valence-corrected chi connectivity index (χ2v) is 4.87. The molecule has 0 heterocycles. The zero-order valence-electron chi connectivity index (χ0n) is 11.3. The molecule has 0 fully saturated rings.